The second-order valence-corrected chi connectivity index (χ2v) is 3.70. The van der Waals surface area contributed by atoms with Crippen molar-refractivity contribution in [1.82, 2.24) is 0 Å². The molecule has 1 aromatic carbocycles. The summed E-state index contributed by atoms with van der Waals surface area (Å²) in [7, 11) is 2.88. The standard InChI is InChI=1S/C11H14NO5/c1-12(14)9-3-7(15-2)4-10-11(9)16-6-8(5-13)17-10/h3-4,8,13H,5-6H2,1-2H3/q+1. The minimum Gasteiger partial charge on any atom is -0.496 e. The van der Waals surface area contributed by atoms with Crippen molar-refractivity contribution >= 4 is 5.69 Å². The molecule has 0 aromatic heterocycles. The van der Waals surface area contributed by atoms with E-state index in [1.807, 2.05) is 0 Å². The zero-order valence-corrected chi connectivity index (χ0v) is 9.67. The van der Waals surface area contributed by atoms with E-state index < -0.39 is 6.10 Å². The number of methoxy groups -OCH3 is 1. The highest BCUT2D eigenvalue weighted by atomic mass is 16.6. The van der Waals surface area contributed by atoms with Crippen LogP contribution in [0.1, 0.15) is 0 Å². The highest BCUT2D eigenvalue weighted by molar-refractivity contribution is 5.60. The van der Waals surface area contributed by atoms with Crippen molar-refractivity contribution in [1.29, 1.82) is 0 Å². The van der Waals surface area contributed by atoms with Crippen molar-refractivity contribution < 1.29 is 24.1 Å². The third kappa shape index (κ3) is 2.16. The number of benzene rings is 1. The summed E-state index contributed by atoms with van der Waals surface area (Å²) < 4.78 is 16.7. The Hall–Kier alpha value is -1.82. The minimum absolute atomic E-state index is 0.140. The number of nitrogens with zero attached hydrogens (tertiary/aromatic N) is 1. The van der Waals surface area contributed by atoms with Crippen LogP contribution in [0.4, 0.5) is 5.69 Å². The Morgan fingerprint density at radius 1 is 1.59 bits per heavy atom. The Balaban J connectivity index is 2.46. The number of nitroso groups, excluding NO2 is 1. The van der Waals surface area contributed by atoms with Gasteiger partial charge < -0.3 is 19.3 Å². The van der Waals surface area contributed by atoms with Crippen LogP contribution in [-0.4, -0.2) is 43.3 Å². The van der Waals surface area contributed by atoms with Crippen LogP contribution in [0.25, 0.3) is 0 Å². The van der Waals surface area contributed by atoms with Gasteiger partial charge in [0.1, 0.15) is 12.4 Å². The van der Waals surface area contributed by atoms with Gasteiger partial charge in [-0.05, 0) is 0 Å². The van der Waals surface area contributed by atoms with Crippen molar-refractivity contribution in [2.75, 3.05) is 27.4 Å². The first-order chi connectivity index (χ1) is 8.15. The third-order valence-electron chi connectivity index (χ3n) is 2.49. The van der Waals surface area contributed by atoms with Crippen LogP contribution in [0.5, 0.6) is 17.2 Å². The first-order valence-electron chi connectivity index (χ1n) is 5.19. The SMILES string of the molecule is COc1cc2c(c([N+](C)=O)c1)OCC(CO)O2. The van der Waals surface area contributed by atoms with E-state index in [1.54, 1.807) is 12.1 Å². The van der Waals surface area contributed by atoms with E-state index in [9.17, 15) is 4.91 Å². The lowest BCUT2D eigenvalue weighted by atomic mass is 10.2. The Bertz CT molecular complexity index is 446. The second kappa shape index (κ2) is 4.58. The summed E-state index contributed by atoms with van der Waals surface area (Å²) in [6.07, 6.45) is -0.417. The molecule has 0 bridgehead atoms. The average Bonchev–Trinajstić information content (AvgIpc) is 2.36. The predicted octanol–water partition coefficient (Wildman–Crippen LogP) is 0.867. The van der Waals surface area contributed by atoms with E-state index in [4.69, 9.17) is 19.3 Å². The topological polar surface area (TPSA) is 68.0 Å². The maximum atomic E-state index is 11.4. The van der Waals surface area contributed by atoms with Crippen molar-refractivity contribution in [3.8, 4) is 17.2 Å². The number of aliphatic hydroxyl groups is 1. The molecule has 0 amide bonds. The summed E-state index contributed by atoms with van der Waals surface area (Å²) in [6.45, 7) is 0.0792. The van der Waals surface area contributed by atoms with E-state index in [1.165, 1.54) is 14.2 Å². The van der Waals surface area contributed by atoms with Crippen LogP contribution in [0.15, 0.2) is 12.1 Å². The van der Waals surface area contributed by atoms with Gasteiger partial charge in [-0.1, -0.05) is 0 Å². The molecule has 92 valence electrons. The van der Waals surface area contributed by atoms with Crippen LogP contribution in [-0.2, 0) is 0 Å². The molecule has 1 aromatic rings. The van der Waals surface area contributed by atoms with E-state index in [0.29, 0.717) is 27.7 Å². The highest BCUT2D eigenvalue weighted by Crippen LogP contribution is 2.43. The molecule has 0 fully saturated rings. The van der Waals surface area contributed by atoms with Gasteiger partial charge in [-0.25, -0.2) is 0 Å². The number of hydrogen-bond acceptors (Lipinski definition) is 5. The first kappa shape index (κ1) is 11.7. The number of ether oxygens (including phenoxy) is 3. The van der Waals surface area contributed by atoms with Crippen molar-refractivity contribution in [2.45, 2.75) is 6.10 Å². The fourth-order valence-corrected chi connectivity index (χ4v) is 1.63. The van der Waals surface area contributed by atoms with Gasteiger partial charge in [0.05, 0.1) is 19.8 Å². The lowest BCUT2D eigenvalue weighted by Gasteiger charge is -2.25. The Morgan fingerprint density at radius 3 is 2.94 bits per heavy atom. The average molecular weight is 240 g/mol. The van der Waals surface area contributed by atoms with E-state index in [-0.39, 0.29) is 13.2 Å². The normalized spacial score (nSPS) is 17.7. The van der Waals surface area contributed by atoms with Crippen LogP contribution < -0.4 is 14.2 Å². The molecule has 1 heterocycles. The third-order valence-corrected chi connectivity index (χ3v) is 2.49. The van der Waals surface area contributed by atoms with Gasteiger partial charge in [0.25, 0.3) is 0 Å². The molecule has 6 heteroatoms. The van der Waals surface area contributed by atoms with Gasteiger partial charge >= 0.3 is 5.69 Å². The lowest BCUT2D eigenvalue weighted by Crippen LogP contribution is -2.32. The second-order valence-electron chi connectivity index (χ2n) is 3.70. The first-order valence-corrected chi connectivity index (χ1v) is 5.19. The number of hydrogen-bond donors (Lipinski definition) is 1. The summed E-state index contributed by atoms with van der Waals surface area (Å²) in [5, 5.41) is 9.01. The van der Waals surface area contributed by atoms with Crippen LogP contribution >= 0.6 is 0 Å². The molecule has 17 heavy (non-hydrogen) atoms. The van der Waals surface area contributed by atoms with Gasteiger partial charge in [-0.3, -0.25) is 0 Å². The molecular formula is C11H14NO5+. The molecule has 1 atom stereocenters. The summed E-state index contributed by atoms with van der Waals surface area (Å²) in [5.41, 5.74) is 0.343. The van der Waals surface area contributed by atoms with Crippen molar-refractivity contribution in [2.24, 2.45) is 0 Å². The molecule has 6 nitrogen and oxygen atoms in total. The fraction of sp³-hybridized carbons (Fsp3) is 0.455. The van der Waals surface area contributed by atoms with Crippen molar-refractivity contribution in [3.05, 3.63) is 17.0 Å². The largest absolute Gasteiger partial charge is 0.496 e. The summed E-state index contributed by atoms with van der Waals surface area (Å²) in [5.74, 6) is 1.30. The van der Waals surface area contributed by atoms with Gasteiger partial charge in [-0.2, -0.15) is 0 Å². The van der Waals surface area contributed by atoms with Crippen molar-refractivity contribution in [3.63, 3.8) is 0 Å². The van der Waals surface area contributed by atoms with E-state index >= 15 is 0 Å². The van der Waals surface area contributed by atoms with E-state index in [2.05, 4.69) is 0 Å². The molecule has 0 saturated carbocycles. The Labute approximate surface area is 98.3 Å². The van der Waals surface area contributed by atoms with Crippen LogP contribution in [0.2, 0.25) is 0 Å². The summed E-state index contributed by atoms with van der Waals surface area (Å²) >= 11 is 0. The molecule has 2 rings (SSSR count). The Morgan fingerprint density at radius 2 is 2.35 bits per heavy atom. The maximum absolute atomic E-state index is 11.4. The molecule has 1 aliphatic rings. The quantitative estimate of drug-likeness (QED) is 0.794. The number of fused-ring (bicyclic) bond motifs is 1. The van der Waals surface area contributed by atoms with Gasteiger partial charge in [0.2, 0.25) is 5.75 Å². The fourth-order valence-electron chi connectivity index (χ4n) is 1.63. The van der Waals surface area contributed by atoms with Crippen LogP contribution in [0, 0.1) is 4.91 Å². The van der Waals surface area contributed by atoms with Gasteiger partial charge in [0.15, 0.2) is 18.9 Å². The Kier molecular flexibility index (Phi) is 3.14. The molecule has 1 unspecified atom stereocenters. The molecule has 1 N–H and O–H groups in total. The number of rotatable bonds is 3. The van der Waals surface area contributed by atoms with Gasteiger partial charge in [-0.15, -0.1) is 0 Å². The highest BCUT2D eigenvalue weighted by Gasteiger charge is 2.29. The zero-order chi connectivity index (χ0) is 12.4. The molecule has 0 spiro atoms. The molecule has 0 saturated heterocycles. The number of aliphatic hydroxyl groups excluding tert-OH is 1. The lowest BCUT2D eigenvalue weighted by molar-refractivity contribution is -0.429. The predicted molar refractivity (Wildman–Crippen MR) is 59.2 cm³/mol. The zero-order valence-electron chi connectivity index (χ0n) is 9.67. The minimum atomic E-state index is -0.417. The molecule has 1 aliphatic heterocycles. The van der Waals surface area contributed by atoms with Crippen LogP contribution in [0.3, 0.4) is 0 Å². The maximum Gasteiger partial charge on any atom is 0.304 e. The monoisotopic (exact) mass is 240 g/mol. The summed E-state index contributed by atoms with van der Waals surface area (Å²) in [4.78, 5) is 11.4. The summed E-state index contributed by atoms with van der Waals surface area (Å²) in [6, 6.07) is 3.21. The molecular weight excluding hydrogens is 226 g/mol. The molecule has 0 radical (unpaired) electrons. The van der Waals surface area contributed by atoms with Gasteiger partial charge in [0, 0.05) is 15.7 Å². The molecule has 0 aliphatic carbocycles. The smallest absolute Gasteiger partial charge is 0.304 e. The van der Waals surface area contributed by atoms with E-state index in [0.717, 1.165) is 0 Å².